The molecule has 0 spiro atoms. The van der Waals surface area contributed by atoms with Crippen molar-refractivity contribution < 1.29 is 26.3 Å². The summed E-state index contributed by atoms with van der Waals surface area (Å²) in [6, 6.07) is 1.01. The number of rotatable bonds is 3. The van der Waals surface area contributed by atoms with Gasteiger partial charge in [0.1, 0.15) is 34.2 Å². The molecule has 3 heterocycles. The minimum Gasteiger partial charge on any atom is -0.356 e. The van der Waals surface area contributed by atoms with Crippen molar-refractivity contribution in [3.05, 3.63) is 64.6 Å². The van der Waals surface area contributed by atoms with E-state index < -0.39 is 46.5 Å². The van der Waals surface area contributed by atoms with Gasteiger partial charge in [0.05, 0.1) is 11.1 Å². The second-order valence-electron chi connectivity index (χ2n) is 8.72. The van der Waals surface area contributed by atoms with Crippen LogP contribution in [0.5, 0.6) is 0 Å². The van der Waals surface area contributed by atoms with Crippen molar-refractivity contribution in [2.75, 3.05) is 18.0 Å². The molecule has 2 aliphatic rings. The number of halogens is 7. The van der Waals surface area contributed by atoms with E-state index >= 15 is 4.39 Å². The molecule has 1 aliphatic heterocycles. The Hall–Kier alpha value is -3.08. The fourth-order valence-electron chi connectivity index (χ4n) is 4.34. The van der Waals surface area contributed by atoms with Crippen LogP contribution in [0.25, 0.3) is 16.9 Å². The van der Waals surface area contributed by atoms with Gasteiger partial charge in [0, 0.05) is 25.2 Å². The molecule has 3 aromatic rings. The maximum atomic E-state index is 15.6. The summed E-state index contributed by atoms with van der Waals surface area (Å²) >= 11 is 6.37. The van der Waals surface area contributed by atoms with E-state index in [1.807, 2.05) is 0 Å². The van der Waals surface area contributed by atoms with Gasteiger partial charge in [-0.25, -0.2) is 26.3 Å². The summed E-state index contributed by atoms with van der Waals surface area (Å²) in [6.07, 6.45) is 0.890. The third-order valence-corrected chi connectivity index (χ3v) is 6.57. The third kappa shape index (κ3) is 3.95. The number of piperidine rings is 1. The van der Waals surface area contributed by atoms with Crippen LogP contribution in [0, 0.1) is 23.4 Å². The summed E-state index contributed by atoms with van der Waals surface area (Å²) in [6.45, 7) is 2.92. The first-order valence-corrected chi connectivity index (χ1v) is 11.2. The van der Waals surface area contributed by atoms with E-state index in [9.17, 15) is 22.0 Å². The van der Waals surface area contributed by atoms with Crippen molar-refractivity contribution in [2.24, 2.45) is 5.92 Å². The SMILES string of the molecule is CC1CCN(c2c(-c3c(F)cc(F)cc3F)c(Cl)nc3nc(C4(F)C=CC(F)=CC4F)nn23)CC1. The molecular weight excluding hydrogens is 496 g/mol. The van der Waals surface area contributed by atoms with E-state index in [0.717, 1.165) is 23.4 Å². The molecule has 2 atom stereocenters. The first kappa shape index (κ1) is 23.7. The lowest BCUT2D eigenvalue weighted by Gasteiger charge is -2.33. The Labute approximate surface area is 200 Å². The van der Waals surface area contributed by atoms with Gasteiger partial charge in [-0.1, -0.05) is 18.5 Å². The average Bonchev–Trinajstić information content (AvgIpc) is 3.21. The quantitative estimate of drug-likeness (QED) is 0.317. The van der Waals surface area contributed by atoms with Crippen molar-refractivity contribution in [3.63, 3.8) is 0 Å². The van der Waals surface area contributed by atoms with Crippen molar-refractivity contribution in [3.8, 4) is 11.1 Å². The zero-order valence-electron chi connectivity index (χ0n) is 18.3. The smallest absolute Gasteiger partial charge is 0.255 e. The first-order chi connectivity index (χ1) is 16.6. The van der Waals surface area contributed by atoms with E-state index in [1.165, 1.54) is 0 Å². The molecule has 0 bridgehead atoms. The molecule has 184 valence electrons. The van der Waals surface area contributed by atoms with E-state index in [4.69, 9.17) is 11.6 Å². The van der Waals surface area contributed by atoms with E-state index in [0.29, 0.717) is 43.3 Å². The van der Waals surface area contributed by atoms with Crippen LogP contribution in [0.2, 0.25) is 5.15 Å². The molecule has 1 fully saturated rings. The number of hydrogen-bond acceptors (Lipinski definition) is 4. The summed E-state index contributed by atoms with van der Waals surface area (Å²) in [7, 11) is 0. The summed E-state index contributed by atoms with van der Waals surface area (Å²) in [5, 5.41) is 3.70. The zero-order chi connectivity index (χ0) is 25.1. The fourth-order valence-corrected chi connectivity index (χ4v) is 4.59. The Kier molecular flexibility index (Phi) is 5.77. The molecule has 12 heteroatoms. The molecule has 1 aromatic carbocycles. The summed E-state index contributed by atoms with van der Waals surface area (Å²) in [5.41, 5.74) is -3.77. The molecular formula is C23H18ClF6N5. The van der Waals surface area contributed by atoms with Gasteiger partial charge in [-0.15, -0.1) is 5.10 Å². The highest BCUT2D eigenvalue weighted by Crippen LogP contribution is 2.42. The minimum absolute atomic E-state index is 0.0515. The Morgan fingerprint density at radius 1 is 1.03 bits per heavy atom. The Bertz CT molecular complexity index is 1360. The van der Waals surface area contributed by atoms with Crippen LogP contribution in [-0.4, -0.2) is 38.8 Å². The molecule has 5 rings (SSSR count). The lowest BCUT2D eigenvalue weighted by molar-refractivity contribution is 0.112. The minimum atomic E-state index is -2.91. The molecule has 0 N–H and O–H groups in total. The summed E-state index contributed by atoms with van der Waals surface area (Å²) in [4.78, 5) is 9.73. The van der Waals surface area contributed by atoms with Crippen LogP contribution in [0.1, 0.15) is 25.6 Å². The number of fused-ring (bicyclic) bond motifs is 1. The lowest BCUT2D eigenvalue weighted by atomic mass is 9.94. The van der Waals surface area contributed by atoms with Gasteiger partial charge in [0.15, 0.2) is 12.0 Å². The summed E-state index contributed by atoms with van der Waals surface area (Å²) < 4.78 is 87.9. The largest absolute Gasteiger partial charge is 0.356 e. The highest BCUT2D eigenvalue weighted by Gasteiger charge is 2.45. The van der Waals surface area contributed by atoms with E-state index in [1.54, 1.807) is 4.90 Å². The first-order valence-electron chi connectivity index (χ1n) is 10.8. The maximum Gasteiger partial charge on any atom is 0.255 e. The number of anilines is 1. The lowest BCUT2D eigenvalue weighted by Crippen LogP contribution is -2.35. The predicted molar refractivity (Wildman–Crippen MR) is 118 cm³/mol. The van der Waals surface area contributed by atoms with Crippen LogP contribution in [0.3, 0.4) is 0 Å². The van der Waals surface area contributed by atoms with Crippen molar-refractivity contribution in [2.45, 2.75) is 31.6 Å². The van der Waals surface area contributed by atoms with Gasteiger partial charge >= 0.3 is 0 Å². The number of nitrogens with zero attached hydrogens (tertiary/aromatic N) is 5. The van der Waals surface area contributed by atoms with Crippen molar-refractivity contribution >= 4 is 23.2 Å². The summed E-state index contributed by atoms with van der Waals surface area (Å²) in [5.74, 6) is -5.01. The highest BCUT2D eigenvalue weighted by molar-refractivity contribution is 6.33. The maximum absolute atomic E-state index is 15.6. The van der Waals surface area contributed by atoms with Gasteiger partial charge in [-0.3, -0.25) is 0 Å². The molecule has 0 radical (unpaired) electrons. The highest BCUT2D eigenvalue weighted by atomic mass is 35.5. The number of aromatic nitrogens is 4. The molecule has 35 heavy (non-hydrogen) atoms. The zero-order valence-corrected chi connectivity index (χ0v) is 19.0. The Morgan fingerprint density at radius 3 is 2.31 bits per heavy atom. The second-order valence-corrected chi connectivity index (χ2v) is 9.08. The molecule has 1 saturated heterocycles. The van der Waals surface area contributed by atoms with Gasteiger partial charge in [-0.2, -0.15) is 14.5 Å². The topological polar surface area (TPSA) is 46.3 Å². The number of benzene rings is 1. The molecule has 2 aromatic heterocycles. The third-order valence-electron chi connectivity index (χ3n) is 6.29. The van der Waals surface area contributed by atoms with Crippen molar-refractivity contribution in [1.82, 2.24) is 19.6 Å². The van der Waals surface area contributed by atoms with Crippen molar-refractivity contribution in [1.29, 1.82) is 0 Å². The van der Waals surface area contributed by atoms with Gasteiger partial charge in [0.2, 0.25) is 5.67 Å². The fraction of sp³-hybridized carbons (Fsp3) is 0.348. The average molecular weight is 514 g/mol. The number of hydrogen-bond donors (Lipinski definition) is 0. The van der Waals surface area contributed by atoms with Gasteiger partial charge in [-0.05, 0) is 37.0 Å². The molecule has 0 saturated carbocycles. The Morgan fingerprint density at radius 2 is 1.69 bits per heavy atom. The van der Waals surface area contributed by atoms with Crippen LogP contribution >= 0.6 is 11.6 Å². The van der Waals surface area contributed by atoms with Crippen LogP contribution in [0.4, 0.5) is 32.2 Å². The molecule has 1 aliphatic carbocycles. The van der Waals surface area contributed by atoms with Gasteiger partial charge in [0.25, 0.3) is 5.78 Å². The molecule has 2 unspecified atom stereocenters. The monoisotopic (exact) mass is 513 g/mol. The van der Waals surface area contributed by atoms with E-state index in [2.05, 4.69) is 22.0 Å². The second kappa shape index (κ2) is 8.54. The normalized spacial score (nSPS) is 23.3. The molecule has 0 amide bonds. The Balaban J connectivity index is 1.77. The number of allylic oxidation sites excluding steroid dienone is 4. The standard InChI is InChI=1S/C23H18ClF6N5/c1-11-3-6-34(7-4-11)20-18(17-14(27)8-13(26)9-15(17)28)19(24)31-22-32-21(33-35(20)22)23(30)5-2-12(25)10-16(23)29/h2,5,8-11,16H,3-4,6-7H2,1H3. The van der Waals surface area contributed by atoms with Gasteiger partial charge < -0.3 is 4.90 Å². The number of alkyl halides is 2. The van der Waals surface area contributed by atoms with E-state index in [-0.39, 0.29) is 22.3 Å². The molecule has 5 nitrogen and oxygen atoms in total. The predicted octanol–water partition coefficient (Wildman–Crippen LogP) is 6.02. The van der Waals surface area contributed by atoms with Crippen LogP contribution in [-0.2, 0) is 5.67 Å². The van der Waals surface area contributed by atoms with Crippen LogP contribution in [0.15, 0.2) is 36.2 Å². The van der Waals surface area contributed by atoms with Crippen LogP contribution < -0.4 is 4.90 Å².